The van der Waals surface area contributed by atoms with Gasteiger partial charge >= 0.3 is 6.03 Å². The molecule has 150 valence electrons. The van der Waals surface area contributed by atoms with Crippen LogP contribution in [-0.4, -0.2) is 42.3 Å². The standard InChI is InChI=1S/C20H20N4O5/c1-20(13-4-3-5-15(10-13)29-2)18(27)24(19(28)23-20)11-16(25)22-14-8-6-12(7-9-14)17(21)26/h3-10H,11H2,1-2H3,(H2,21,26)(H,22,25)(H,23,28). The average Bonchev–Trinajstić information content (AvgIpc) is 2.92. The summed E-state index contributed by atoms with van der Waals surface area (Å²) >= 11 is 0. The van der Waals surface area contributed by atoms with E-state index in [1.165, 1.54) is 31.4 Å². The van der Waals surface area contributed by atoms with Crippen molar-refractivity contribution < 1.29 is 23.9 Å². The number of carbonyl (C=O) groups is 4. The summed E-state index contributed by atoms with van der Waals surface area (Å²) in [6, 6.07) is 12.1. The Labute approximate surface area is 166 Å². The molecule has 4 N–H and O–H groups in total. The molecule has 1 unspecified atom stereocenters. The second-order valence-electron chi connectivity index (χ2n) is 6.67. The van der Waals surface area contributed by atoms with Crippen LogP contribution in [0.1, 0.15) is 22.8 Å². The van der Waals surface area contributed by atoms with Crippen LogP contribution in [0.4, 0.5) is 10.5 Å². The number of nitrogens with one attached hydrogen (secondary N) is 2. The summed E-state index contributed by atoms with van der Waals surface area (Å²) in [6.07, 6.45) is 0. The van der Waals surface area contributed by atoms with Gasteiger partial charge in [0.25, 0.3) is 5.91 Å². The van der Waals surface area contributed by atoms with Gasteiger partial charge in [-0.3, -0.25) is 19.3 Å². The molecule has 1 heterocycles. The lowest BCUT2D eigenvalue weighted by Gasteiger charge is -2.22. The quantitative estimate of drug-likeness (QED) is 0.632. The number of hydrogen-bond acceptors (Lipinski definition) is 5. The molecule has 1 fully saturated rings. The molecule has 1 saturated heterocycles. The predicted octanol–water partition coefficient (Wildman–Crippen LogP) is 1.20. The zero-order chi connectivity index (χ0) is 21.2. The maximum absolute atomic E-state index is 12.9. The van der Waals surface area contributed by atoms with E-state index in [-0.39, 0.29) is 0 Å². The molecule has 0 radical (unpaired) electrons. The van der Waals surface area contributed by atoms with Crippen LogP contribution in [0.2, 0.25) is 0 Å². The molecule has 0 aromatic heterocycles. The molecular formula is C20H20N4O5. The van der Waals surface area contributed by atoms with Gasteiger partial charge in [0.1, 0.15) is 17.8 Å². The topological polar surface area (TPSA) is 131 Å². The number of ether oxygens (including phenoxy) is 1. The van der Waals surface area contributed by atoms with Crippen LogP contribution in [-0.2, 0) is 15.1 Å². The molecule has 29 heavy (non-hydrogen) atoms. The minimum Gasteiger partial charge on any atom is -0.497 e. The van der Waals surface area contributed by atoms with E-state index < -0.39 is 35.8 Å². The van der Waals surface area contributed by atoms with Gasteiger partial charge in [-0.15, -0.1) is 0 Å². The molecule has 2 aromatic carbocycles. The van der Waals surface area contributed by atoms with E-state index in [0.29, 0.717) is 22.6 Å². The molecule has 9 nitrogen and oxygen atoms in total. The first-order valence-electron chi connectivity index (χ1n) is 8.73. The molecule has 2 aromatic rings. The fraction of sp³-hybridized carbons (Fsp3) is 0.200. The number of nitrogens with zero attached hydrogens (tertiary/aromatic N) is 1. The van der Waals surface area contributed by atoms with Crippen LogP contribution in [0.15, 0.2) is 48.5 Å². The maximum atomic E-state index is 12.9. The average molecular weight is 396 g/mol. The molecule has 0 aliphatic carbocycles. The monoisotopic (exact) mass is 396 g/mol. The van der Waals surface area contributed by atoms with E-state index in [0.717, 1.165) is 4.90 Å². The van der Waals surface area contributed by atoms with Crippen LogP contribution >= 0.6 is 0 Å². The summed E-state index contributed by atoms with van der Waals surface area (Å²) in [4.78, 5) is 49.6. The number of rotatable bonds is 6. The first-order valence-corrected chi connectivity index (χ1v) is 8.73. The summed E-state index contributed by atoms with van der Waals surface area (Å²) in [5, 5.41) is 5.21. The third-order valence-electron chi connectivity index (χ3n) is 4.68. The van der Waals surface area contributed by atoms with Gasteiger partial charge in [0.2, 0.25) is 11.8 Å². The first kappa shape index (κ1) is 19.9. The molecule has 3 rings (SSSR count). The van der Waals surface area contributed by atoms with Crippen LogP contribution < -0.4 is 21.1 Å². The van der Waals surface area contributed by atoms with E-state index in [1.54, 1.807) is 31.2 Å². The van der Waals surface area contributed by atoms with Crippen molar-refractivity contribution >= 4 is 29.4 Å². The number of urea groups is 1. The van der Waals surface area contributed by atoms with Crippen LogP contribution in [0.25, 0.3) is 0 Å². The molecule has 1 aliphatic heterocycles. The fourth-order valence-electron chi connectivity index (χ4n) is 3.03. The Hall–Kier alpha value is -3.88. The molecule has 0 bridgehead atoms. The van der Waals surface area contributed by atoms with E-state index in [1.807, 2.05) is 0 Å². The number of nitrogens with two attached hydrogens (primary N) is 1. The Bertz CT molecular complexity index is 989. The van der Waals surface area contributed by atoms with Crippen molar-refractivity contribution in [3.63, 3.8) is 0 Å². The van der Waals surface area contributed by atoms with Crippen molar-refractivity contribution in [2.75, 3.05) is 19.0 Å². The zero-order valence-corrected chi connectivity index (χ0v) is 15.9. The largest absolute Gasteiger partial charge is 0.497 e. The molecule has 9 heteroatoms. The lowest BCUT2D eigenvalue weighted by molar-refractivity contribution is -0.133. The minimum absolute atomic E-state index is 0.297. The SMILES string of the molecule is COc1cccc(C2(C)NC(=O)N(CC(=O)Nc3ccc(C(N)=O)cc3)C2=O)c1. The number of primary amides is 1. The Morgan fingerprint density at radius 3 is 2.48 bits per heavy atom. The number of anilines is 1. The van der Waals surface area contributed by atoms with Gasteiger partial charge in [-0.25, -0.2) is 4.79 Å². The molecule has 1 aliphatic rings. The highest BCUT2D eigenvalue weighted by Crippen LogP contribution is 2.30. The maximum Gasteiger partial charge on any atom is 0.325 e. The number of hydrogen-bond donors (Lipinski definition) is 3. The van der Waals surface area contributed by atoms with Gasteiger partial charge in [0.15, 0.2) is 0 Å². The van der Waals surface area contributed by atoms with Crippen molar-refractivity contribution in [2.24, 2.45) is 5.73 Å². The Morgan fingerprint density at radius 1 is 1.17 bits per heavy atom. The van der Waals surface area contributed by atoms with Gasteiger partial charge in [-0.2, -0.15) is 0 Å². The fourth-order valence-corrected chi connectivity index (χ4v) is 3.03. The highest BCUT2D eigenvalue weighted by molar-refractivity contribution is 6.10. The van der Waals surface area contributed by atoms with Crippen LogP contribution in [0, 0.1) is 0 Å². The van der Waals surface area contributed by atoms with Gasteiger partial charge in [-0.1, -0.05) is 12.1 Å². The van der Waals surface area contributed by atoms with Crippen LogP contribution in [0.5, 0.6) is 5.75 Å². The molecule has 5 amide bonds. The van der Waals surface area contributed by atoms with E-state index in [9.17, 15) is 19.2 Å². The van der Waals surface area contributed by atoms with Crippen molar-refractivity contribution in [1.29, 1.82) is 0 Å². The molecular weight excluding hydrogens is 376 g/mol. The first-order chi connectivity index (χ1) is 13.7. The number of carbonyl (C=O) groups excluding carboxylic acids is 4. The number of benzene rings is 2. The summed E-state index contributed by atoms with van der Waals surface area (Å²) in [5.74, 6) is -1.15. The van der Waals surface area contributed by atoms with E-state index >= 15 is 0 Å². The smallest absolute Gasteiger partial charge is 0.325 e. The van der Waals surface area contributed by atoms with Crippen molar-refractivity contribution in [2.45, 2.75) is 12.5 Å². The summed E-state index contributed by atoms with van der Waals surface area (Å²) in [5.41, 5.74) is 5.11. The summed E-state index contributed by atoms with van der Waals surface area (Å²) < 4.78 is 5.17. The number of methoxy groups -OCH3 is 1. The second-order valence-corrected chi connectivity index (χ2v) is 6.67. The highest BCUT2D eigenvalue weighted by atomic mass is 16.5. The minimum atomic E-state index is -1.31. The summed E-state index contributed by atoms with van der Waals surface area (Å²) in [7, 11) is 1.50. The Kier molecular flexibility index (Phi) is 5.22. The van der Waals surface area contributed by atoms with Crippen molar-refractivity contribution in [3.05, 3.63) is 59.7 Å². The third kappa shape index (κ3) is 3.88. The van der Waals surface area contributed by atoms with Crippen molar-refractivity contribution in [1.82, 2.24) is 10.2 Å². The normalized spacial score (nSPS) is 18.3. The number of amides is 5. The van der Waals surface area contributed by atoms with Gasteiger partial charge in [0.05, 0.1) is 7.11 Å². The highest BCUT2D eigenvalue weighted by Gasteiger charge is 2.49. The van der Waals surface area contributed by atoms with Gasteiger partial charge in [0, 0.05) is 11.3 Å². The second kappa shape index (κ2) is 7.63. The van der Waals surface area contributed by atoms with Crippen LogP contribution in [0.3, 0.4) is 0 Å². The van der Waals surface area contributed by atoms with Gasteiger partial charge in [-0.05, 0) is 48.9 Å². The molecule has 0 spiro atoms. The zero-order valence-electron chi connectivity index (χ0n) is 15.9. The summed E-state index contributed by atoms with van der Waals surface area (Å²) in [6.45, 7) is 1.12. The lowest BCUT2D eigenvalue weighted by Crippen LogP contribution is -2.42. The lowest BCUT2D eigenvalue weighted by atomic mass is 9.92. The van der Waals surface area contributed by atoms with Crippen molar-refractivity contribution in [3.8, 4) is 5.75 Å². The number of imide groups is 1. The van der Waals surface area contributed by atoms with Gasteiger partial charge < -0.3 is 21.1 Å². The Morgan fingerprint density at radius 2 is 1.86 bits per heavy atom. The molecule has 0 saturated carbocycles. The van der Waals surface area contributed by atoms with E-state index in [4.69, 9.17) is 10.5 Å². The third-order valence-corrected chi connectivity index (χ3v) is 4.68. The van der Waals surface area contributed by atoms with E-state index in [2.05, 4.69) is 10.6 Å². The Balaban J connectivity index is 1.72. The molecule has 1 atom stereocenters. The predicted molar refractivity (Wildman–Crippen MR) is 104 cm³/mol.